The minimum Gasteiger partial charge on any atom is -0.342 e. The van der Waals surface area contributed by atoms with Crippen LogP contribution in [-0.4, -0.2) is 106 Å². The van der Waals surface area contributed by atoms with Crippen molar-refractivity contribution in [1.29, 1.82) is 0 Å². The molecule has 0 aliphatic carbocycles. The van der Waals surface area contributed by atoms with Gasteiger partial charge in [-0.15, -0.1) is 0 Å². The van der Waals surface area contributed by atoms with Crippen LogP contribution >= 0.6 is 23.2 Å². The highest BCUT2D eigenvalue weighted by Crippen LogP contribution is 2.27. The Kier molecular flexibility index (Phi) is 10.8. The van der Waals surface area contributed by atoms with E-state index in [0.717, 1.165) is 31.5 Å². The van der Waals surface area contributed by atoms with Gasteiger partial charge in [0.1, 0.15) is 16.3 Å². The second-order valence-corrected chi connectivity index (χ2v) is 13.9. The van der Waals surface area contributed by atoms with Crippen LogP contribution in [0.4, 0.5) is 10.5 Å². The van der Waals surface area contributed by atoms with Gasteiger partial charge in [0.2, 0.25) is 17.7 Å². The lowest BCUT2D eigenvalue weighted by atomic mass is 9.94. The minimum atomic E-state index is -1.04. The van der Waals surface area contributed by atoms with Crippen molar-refractivity contribution < 1.29 is 19.2 Å². The summed E-state index contributed by atoms with van der Waals surface area (Å²) in [5, 5.41) is 5.67. The number of rotatable bonds is 7. The summed E-state index contributed by atoms with van der Waals surface area (Å²) in [5.74, 6) is -0.338. The molecule has 1 aromatic heterocycles. The molecule has 0 spiro atoms. The van der Waals surface area contributed by atoms with E-state index in [2.05, 4.69) is 26.6 Å². The fourth-order valence-corrected chi connectivity index (χ4v) is 7.96. The smallest absolute Gasteiger partial charge is 0.319 e. The number of urea groups is 1. The van der Waals surface area contributed by atoms with Crippen LogP contribution in [0.3, 0.4) is 0 Å². The van der Waals surface area contributed by atoms with E-state index in [4.69, 9.17) is 23.2 Å². The van der Waals surface area contributed by atoms with Crippen molar-refractivity contribution in [1.82, 2.24) is 29.9 Å². The normalized spacial score (nSPS) is 20.5. The van der Waals surface area contributed by atoms with Crippen LogP contribution < -0.4 is 10.6 Å². The third-order valence-corrected chi connectivity index (χ3v) is 10.5. The molecule has 0 saturated carbocycles. The molecule has 3 fully saturated rings. The van der Waals surface area contributed by atoms with Crippen LogP contribution in [0.15, 0.2) is 36.4 Å². The van der Waals surface area contributed by atoms with Gasteiger partial charge in [-0.05, 0) is 74.9 Å². The summed E-state index contributed by atoms with van der Waals surface area (Å²) < 4.78 is 0. The zero-order chi connectivity index (χ0) is 32.9. The van der Waals surface area contributed by atoms with Crippen LogP contribution in [0.1, 0.15) is 62.5 Å². The molecular weight excluding hydrogens is 641 g/mol. The van der Waals surface area contributed by atoms with Crippen molar-refractivity contribution in [3.63, 3.8) is 0 Å². The van der Waals surface area contributed by atoms with E-state index in [1.165, 1.54) is 37.0 Å². The Bertz CT molecular complexity index is 1450. The number of nitrogens with zero attached hydrogens (tertiary/aromatic N) is 5. The maximum Gasteiger partial charge on any atom is 0.319 e. The SMILES string of the molecule is O=C(Nc1cc(Cl)nc(Cl)c1)N[C@@H](CC(=O)N1CCC(N2Cc3ccccc3CC2=O)CC1)C(=O)N1CCC(N2CCCCC2)CC1. The van der Waals surface area contributed by atoms with Crippen molar-refractivity contribution in [3.05, 3.63) is 57.8 Å². The molecule has 0 radical (unpaired) electrons. The number of hydrogen-bond donors (Lipinski definition) is 2. The van der Waals surface area contributed by atoms with Crippen LogP contribution in [0.25, 0.3) is 0 Å². The first-order valence-corrected chi connectivity index (χ1v) is 17.6. The molecule has 252 valence electrons. The number of halogens is 2. The third-order valence-electron chi connectivity index (χ3n) is 10.1. The van der Waals surface area contributed by atoms with Gasteiger partial charge >= 0.3 is 6.03 Å². The Morgan fingerprint density at radius 1 is 0.830 bits per heavy atom. The molecule has 4 aliphatic rings. The quantitative estimate of drug-likeness (QED) is 0.420. The highest BCUT2D eigenvalue weighted by Gasteiger charge is 2.36. The molecule has 4 aliphatic heterocycles. The predicted molar refractivity (Wildman–Crippen MR) is 180 cm³/mol. The molecule has 11 nitrogen and oxygen atoms in total. The fraction of sp³-hybridized carbons (Fsp3) is 0.559. The van der Waals surface area contributed by atoms with Gasteiger partial charge in [0, 0.05) is 50.5 Å². The Morgan fingerprint density at radius 3 is 2.13 bits per heavy atom. The van der Waals surface area contributed by atoms with E-state index in [1.54, 1.807) is 9.80 Å². The topological polar surface area (TPSA) is 118 Å². The van der Waals surface area contributed by atoms with E-state index in [0.29, 0.717) is 63.7 Å². The Balaban J connectivity index is 1.08. The second-order valence-electron chi connectivity index (χ2n) is 13.1. The average Bonchev–Trinajstić information content (AvgIpc) is 3.07. The average molecular weight is 685 g/mol. The fourth-order valence-electron chi connectivity index (χ4n) is 7.50. The molecule has 13 heteroatoms. The number of anilines is 1. The van der Waals surface area contributed by atoms with Gasteiger partial charge in [-0.25, -0.2) is 9.78 Å². The summed E-state index contributed by atoms with van der Waals surface area (Å²) in [7, 11) is 0. The first kappa shape index (κ1) is 33.5. The number of nitrogens with one attached hydrogen (secondary N) is 2. The van der Waals surface area contributed by atoms with Gasteiger partial charge in [-0.2, -0.15) is 0 Å². The maximum atomic E-state index is 13.9. The number of benzene rings is 1. The molecule has 1 aromatic carbocycles. The predicted octanol–water partition coefficient (Wildman–Crippen LogP) is 4.32. The number of amides is 5. The van der Waals surface area contributed by atoms with Crippen LogP contribution in [0, 0.1) is 0 Å². The summed E-state index contributed by atoms with van der Waals surface area (Å²) in [6.07, 6.45) is 7.04. The lowest BCUT2D eigenvalue weighted by molar-refractivity contribution is -0.141. The van der Waals surface area contributed by atoms with Gasteiger partial charge in [-0.3, -0.25) is 14.4 Å². The van der Waals surface area contributed by atoms with Crippen LogP contribution in [0.5, 0.6) is 0 Å². The lowest BCUT2D eigenvalue weighted by Crippen LogP contribution is -2.56. The highest BCUT2D eigenvalue weighted by molar-refractivity contribution is 6.33. The number of carbonyl (C=O) groups is 4. The van der Waals surface area contributed by atoms with Gasteiger partial charge < -0.3 is 30.2 Å². The summed E-state index contributed by atoms with van der Waals surface area (Å²) >= 11 is 12.0. The summed E-state index contributed by atoms with van der Waals surface area (Å²) in [4.78, 5) is 65.5. The van der Waals surface area contributed by atoms with Crippen molar-refractivity contribution in [3.8, 4) is 0 Å². The van der Waals surface area contributed by atoms with E-state index in [-0.39, 0.29) is 40.5 Å². The highest BCUT2D eigenvalue weighted by atomic mass is 35.5. The Morgan fingerprint density at radius 2 is 1.45 bits per heavy atom. The van der Waals surface area contributed by atoms with Crippen molar-refractivity contribution in [2.75, 3.05) is 44.6 Å². The summed E-state index contributed by atoms with van der Waals surface area (Å²) in [6, 6.07) is 9.78. The summed E-state index contributed by atoms with van der Waals surface area (Å²) in [6.45, 7) is 4.94. The first-order valence-electron chi connectivity index (χ1n) is 16.8. The van der Waals surface area contributed by atoms with E-state index in [9.17, 15) is 19.2 Å². The number of aromatic nitrogens is 1. The molecule has 6 rings (SSSR count). The van der Waals surface area contributed by atoms with Gasteiger partial charge in [0.25, 0.3) is 0 Å². The van der Waals surface area contributed by atoms with E-state index in [1.807, 2.05) is 23.1 Å². The second kappa shape index (κ2) is 15.2. The molecular formula is C34H43Cl2N7O4. The van der Waals surface area contributed by atoms with Crippen molar-refractivity contribution in [2.24, 2.45) is 0 Å². The number of pyridine rings is 1. The number of hydrogen-bond acceptors (Lipinski definition) is 6. The standard InChI is InChI=1S/C34H43Cl2N7O4/c35-29-19-25(20-30(36)39-29)37-34(47)38-28(33(46)42-16-8-26(9-17-42)40-12-4-1-5-13-40)21-31(44)41-14-10-27(11-15-41)43-22-24-7-3-2-6-23(24)18-32(43)45/h2-3,6-7,19-20,26-28H,1,4-5,8-18,21-22H2,(H2,37,38,39,47)/t28-/m0/s1. The molecule has 1 atom stereocenters. The Hall–Kier alpha value is -3.41. The third kappa shape index (κ3) is 8.36. The molecule has 2 aromatic rings. The Labute approximate surface area is 285 Å². The zero-order valence-corrected chi connectivity index (χ0v) is 28.1. The van der Waals surface area contributed by atoms with Crippen LogP contribution in [0.2, 0.25) is 10.3 Å². The molecule has 3 saturated heterocycles. The van der Waals surface area contributed by atoms with E-state index >= 15 is 0 Å². The molecule has 47 heavy (non-hydrogen) atoms. The van der Waals surface area contributed by atoms with Crippen molar-refractivity contribution >= 4 is 52.6 Å². The minimum absolute atomic E-state index is 0.0569. The number of likely N-dealkylation sites (tertiary alicyclic amines) is 3. The van der Waals surface area contributed by atoms with Crippen molar-refractivity contribution in [2.45, 2.75) is 82.5 Å². The molecule has 5 heterocycles. The van der Waals surface area contributed by atoms with Gasteiger partial charge in [0.15, 0.2) is 0 Å². The molecule has 5 amide bonds. The summed E-state index contributed by atoms with van der Waals surface area (Å²) in [5.41, 5.74) is 2.58. The number of carbonyl (C=O) groups excluding carboxylic acids is 4. The molecule has 2 N–H and O–H groups in total. The molecule has 0 bridgehead atoms. The van der Waals surface area contributed by atoms with E-state index < -0.39 is 12.1 Å². The van der Waals surface area contributed by atoms with Gasteiger partial charge in [0.05, 0.1) is 12.8 Å². The number of fused-ring (bicyclic) bond motifs is 1. The first-order chi connectivity index (χ1) is 22.7. The largest absolute Gasteiger partial charge is 0.342 e. The maximum absolute atomic E-state index is 13.9. The van der Waals surface area contributed by atoms with Crippen LogP contribution in [-0.2, 0) is 27.3 Å². The zero-order valence-electron chi connectivity index (χ0n) is 26.6. The lowest BCUT2D eigenvalue weighted by Gasteiger charge is -2.41. The number of piperidine rings is 3. The van der Waals surface area contributed by atoms with Gasteiger partial charge in [-0.1, -0.05) is 53.9 Å². The molecule has 0 unspecified atom stereocenters. The monoisotopic (exact) mass is 683 g/mol.